The molecule has 0 aromatic rings. The molecule has 0 radical (unpaired) electrons. The van der Waals surface area contributed by atoms with Gasteiger partial charge < -0.3 is 20.1 Å². The first-order chi connectivity index (χ1) is 10.3. The van der Waals surface area contributed by atoms with E-state index in [2.05, 4.69) is 10.1 Å². The highest BCUT2D eigenvalue weighted by Crippen LogP contribution is 2.19. The Morgan fingerprint density at radius 3 is 2.64 bits per heavy atom. The second-order valence-corrected chi connectivity index (χ2v) is 5.43. The summed E-state index contributed by atoms with van der Waals surface area (Å²) in [6.07, 6.45) is -0.580. The molecule has 2 N–H and O–H groups in total. The highest BCUT2D eigenvalue weighted by molar-refractivity contribution is 5.91. The van der Waals surface area contributed by atoms with E-state index in [4.69, 9.17) is 5.26 Å². The number of nitrogens with zero attached hydrogens (tertiary/aromatic N) is 2. The molecule has 0 unspecified atom stereocenters. The Morgan fingerprint density at radius 1 is 1.50 bits per heavy atom. The fourth-order valence-electron chi connectivity index (χ4n) is 2.48. The van der Waals surface area contributed by atoms with Crippen LogP contribution in [0.15, 0.2) is 0 Å². The van der Waals surface area contributed by atoms with Gasteiger partial charge in [-0.1, -0.05) is 6.92 Å². The molecule has 0 saturated carbocycles. The van der Waals surface area contributed by atoms with E-state index in [1.54, 1.807) is 6.92 Å². The van der Waals surface area contributed by atoms with Gasteiger partial charge in [-0.15, -0.1) is 0 Å². The Hall–Kier alpha value is -2.14. The largest absolute Gasteiger partial charge is 0.467 e. The zero-order chi connectivity index (χ0) is 16.9. The first-order valence-electron chi connectivity index (χ1n) is 7.02. The maximum absolute atomic E-state index is 12.3. The molecule has 1 saturated heterocycles. The quantitative estimate of drug-likeness (QED) is 0.640. The smallest absolute Gasteiger partial charge is 0.328 e. The Kier molecular flexibility index (Phi) is 6.31. The van der Waals surface area contributed by atoms with E-state index in [1.165, 1.54) is 18.9 Å². The van der Waals surface area contributed by atoms with Gasteiger partial charge in [-0.2, -0.15) is 5.26 Å². The molecule has 1 rings (SSSR count). The molecule has 2 amide bonds. The fraction of sp³-hybridized carbons (Fsp3) is 0.714. The minimum Gasteiger partial charge on any atom is -0.467 e. The molecule has 8 heteroatoms. The van der Waals surface area contributed by atoms with Crippen LogP contribution in [-0.4, -0.2) is 59.6 Å². The molecule has 22 heavy (non-hydrogen) atoms. The second kappa shape index (κ2) is 7.75. The second-order valence-electron chi connectivity index (χ2n) is 5.43. The standard InChI is InChI=1S/C14H21N3O5/c1-8(4-5-15)12(14(21)22-3)16-13(20)11-6-10(19)7-17(11)9(2)18/h8,10-12,19H,4,6-7H2,1-3H3,(H,16,20)/t8-,10-,11+,12-/m1/s1. The summed E-state index contributed by atoms with van der Waals surface area (Å²) in [6.45, 7) is 3.05. The first-order valence-corrected chi connectivity index (χ1v) is 7.02. The van der Waals surface area contributed by atoms with Crippen LogP contribution in [0.3, 0.4) is 0 Å². The average molecular weight is 311 g/mol. The van der Waals surface area contributed by atoms with Crippen LogP contribution < -0.4 is 5.32 Å². The van der Waals surface area contributed by atoms with E-state index in [1.807, 2.05) is 6.07 Å². The highest BCUT2D eigenvalue weighted by atomic mass is 16.5. The number of β-amino-alcohol motifs (C(OH)–C–C–N with tert-alkyl or cyclic N) is 1. The van der Waals surface area contributed by atoms with Gasteiger partial charge in [0, 0.05) is 32.2 Å². The predicted octanol–water partition coefficient (Wildman–Crippen LogP) is -0.824. The zero-order valence-electron chi connectivity index (χ0n) is 12.9. The summed E-state index contributed by atoms with van der Waals surface area (Å²) in [5.41, 5.74) is 0. The van der Waals surface area contributed by atoms with E-state index >= 15 is 0 Å². The van der Waals surface area contributed by atoms with E-state index < -0.39 is 36.0 Å². The number of carbonyl (C=O) groups is 3. The molecule has 1 aliphatic rings. The zero-order valence-corrected chi connectivity index (χ0v) is 12.9. The van der Waals surface area contributed by atoms with Gasteiger partial charge in [-0.05, 0) is 0 Å². The van der Waals surface area contributed by atoms with E-state index in [-0.39, 0.29) is 25.3 Å². The number of methoxy groups -OCH3 is 1. The van der Waals surface area contributed by atoms with Crippen molar-refractivity contribution in [2.45, 2.75) is 44.9 Å². The first kappa shape index (κ1) is 17.9. The maximum Gasteiger partial charge on any atom is 0.328 e. The molecule has 1 heterocycles. The summed E-state index contributed by atoms with van der Waals surface area (Å²) in [7, 11) is 1.20. The monoisotopic (exact) mass is 311 g/mol. The van der Waals surface area contributed by atoms with Crippen molar-refractivity contribution in [2.24, 2.45) is 5.92 Å². The third-order valence-corrected chi connectivity index (χ3v) is 3.72. The fourth-order valence-corrected chi connectivity index (χ4v) is 2.48. The lowest BCUT2D eigenvalue weighted by atomic mass is 9.98. The Balaban J connectivity index is 2.84. The van der Waals surface area contributed by atoms with Crippen LogP contribution in [0.2, 0.25) is 0 Å². The molecule has 0 spiro atoms. The predicted molar refractivity (Wildman–Crippen MR) is 75.1 cm³/mol. The number of carbonyl (C=O) groups excluding carboxylic acids is 3. The van der Waals surface area contributed by atoms with Crippen molar-refractivity contribution in [1.82, 2.24) is 10.2 Å². The number of esters is 1. The van der Waals surface area contributed by atoms with Crippen molar-refractivity contribution in [3.8, 4) is 6.07 Å². The molecule has 0 aliphatic carbocycles. The van der Waals surface area contributed by atoms with Crippen molar-refractivity contribution in [3.05, 3.63) is 0 Å². The van der Waals surface area contributed by atoms with Crippen molar-refractivity contribution in [2.75, 3.05) is 13.7 Å². The highest BCUT2D eigenvalue weighted by Gasteiger charge is 2.39. The molecule has 1 aliphatic heterocycles. The van der Waals surface area contributed by atoms with Crippen molar-refractivity contribution in [1.29, 1.82) is 5.26 Å². The molecule has 0 aromatic heterocycles. The molecule has 0 bridgehead atoms. The Bertz CT molecular complexity index is 487. The third-order valence-electron chi connectivity index (χ3n) is 3.72. The van der Waals surface area contributed by atoms with Crippen LogP contribution in [0.1, 0.15) is 26.7 Å². The van der Waals surface area contributed by atoms with Gasteiger partial charge >= 0.3 is 5.97 Å². The molecule has 4 atom stereocenters. The summed E-state index contributed by atoms with van der Waals surface area (Å²) < 4.78 is 4.65. The van der Waals surface area contributed by atoms with Crippen molar-refractivity contribution >= 4 is 17.8 Å². The lowest BCUT2D eigenvalue weighted by Crippen LogP contribution is -2.52. The summed E-state index contributed by atoms with van der Waals surface area (Å²) in [5.74, 6) is -1.94. The summed E-state index contributed by atoms with van der Waals surface area (Å²) >= 11 is 0. The molecule has 8 nitrogen and oxygen atoms in total. The summed E-state index contributed by atoms with van der Waals surface area (Å²) in [6, 6.07) is 0.146. The normalized spacial score (nSPS) is 23.3. The number of hydrogen-bond donors (Lipinski definition) is 2. The summed E-state index contributed by atoms with van der Waals surface area (Å²) in [5, 5.41) is 20.9. The number of aliphatic hydroxyl groups excluding tert-OH is 1. The van der Waals surface area contributed by atoms with Crippen LogP contribution in [0.25, 0.3) is 0 Å². The van der Waals surface area contributed by atoms with Crippen LogP contribution >= 0.6 is 0 Å². The van der Waals surface area contributed by atoms with Crippen LogP contribution in [0.4, 0.5) is 0 Å². The van der Waals surface area contributed by atoms with Crippen molar-refractivity contribution < 1.29 is 24.2 Å². The number of hydrogen-bond acceptors (Lipinski definition) is 6. The van der Waals surface area contributed by atoms with Crippen LogP contribution in [0, 0.1) is 17.2 Å². The van der Waals surface area contributed by atoms with Gasteiger partial charge in [0.15, 0.2) is 0 Å². The number of nitrogens with one attached hydrogen (secondary N) is 1. The van der Waals surface area contributed by atoms with Gasteiger partial charge in [-0.25, -0.2) is 4.79 Å². The van der Waals surface area contributed by atoms with Gasteiger partial charge in [-0.3, -0.25) is 9.59 Å². The lowest BCUT2D eigenvalue weighted by molar-refractivity contribution is -0.147. The minimum atomic E-state index is -0.969. The van der Waals surface area contributed by atoms with E-state index in [0.717, 1.165) is 0 Å². The number of nitriles is 1. The van der Waals surface area contributed by atoms with Gasteiger partial charge in [0.25, 0.3) is 0 Å². The van der Waals surface area contributed by atoms with E-state index in [9.17, 15) is 19.5 Å². The molecule has 1 fully saturated rings. The molecular formula is C14H21N3O5. The SMILES string of the molecule is COC(=O)[C@H](NC(=O)[C@@H]1C[C@@H](O)CN1C(C)=O)[C@H](C)CC#N. The number of aliphatic hydroxyl groups is 1. The summed E-state index contributed by atoms with van der Waals surface area (Å²) in [4.78, 5) is 36.9. The molecule has 122 valence electrons. The average Bonchev–Trinajstić information content (AvgIpc) is 2.86. The van der Waals surface area contributed by atoms with Gasteiger partial charge in [0.05, 0.1) is 19.3 Å². The number of ether oxygens (including phenoxy) is 1. The van der Waals surface area contributed by atoms with E-state index in [0.29, 0.717) is 0 Å². The van der Waals surface area contributed by atoms with Crippen LogP contribution in [-0.2, 0) is 19.1 Å². The number of likely N-dealkylation sites (tertiary alicyclic amines) is 1. The maximum atomic E-state index is 12.3. The van der Waals surface area contributed by atoms with Gasteiger partial charge in [0.1, 0.15) is 12.1 Å². The lowest BCUT2D eigenvalue weighted by Gasteiger charge is -2.26. The Morgan fingerprint density at radius 2 is 2.14 bits per heavy atom. The Labute approximate surface area is 129 Å². The van der Waals surface area contributed by atoms with Crippen LogP contribution in [0.5, 0.6) is 0 Å². The third kappa shape index (κ3) is 4.18. The number of amides is 2. The molecular weight excluding hydrogens is 290 g/mol. The van der Waals surface area contributed by atoms with Gasteiger partial charge in [0.2, 0.25) is 11.8 Å². The number of rotatable bonds is 5. The van der Waals surface area contributed by atoms with Crippen molar-refractivity contribution in [3.63, 3.8) is 0 Å². The molecule has 0 aromatic carbocycles. The minimum absolute atomic E-state index is 0.0732. The topological polar surface area (TPSA) is 120 Å².